The summed E-state index contributed by atoms with van der Waals surface area (Å²) < 4.78 is 74.0. The number of carbonyl (C=O) groups excluding carboxylic acids is 3. The van der Waals surface area contributed by atoms with Crippen LogP contribution in [0.5, 0.6) is 0 Å². The molecule has 3 aliphatic rings. The second kappa shape index (κ2) is 17.2. The van der Waals surface area contributed by atoms with Crippen molar-refractivity contribution >= 4 is 76.6 Å². The number of unbranched alkanes of at least 4 members (excludes halogenated alkanes) is 2. The fraction of sp³-hybridized carbons (Fsp3) is 0.326. The molecule has 310 valence electrons. The molecule has 7 rings (SSSR count). The van der Waals surface area contributed by atoms with Crippen LogP contribution >= 0.6 is 0 Å². The van der Waals surface area contributed by atoms with E-state index in [2.05, 4.69) is 48.4 Å². The Morgan fingerprint density at radius 1 is 0.900 bits per heavy atom. The van der Waals surface area contributed by atoms with E-state index in [-0.39, 0.29) is 65.6 Å². The second-order valence-electron chi connectivity index (χ2n) is 15.8. The first-order valence-corrected chi connectivity index (χ1v) is 22.1. The number of nitrogens with one attached hydrogen (secondary N) is 1. The van der Waals surface area contributed by atoms with Gasteiger partial charge < -0.3 is 23.7 Å². The number of hydrogen-bond acceptors (Lipinski definition) is 12. The number of likely N-dealkylation sites (N-methyl/N-ethyl adjacent to an activating group) is 1. The van der Waals surface area contributed by atoms with Crippen molar-refractivity contribution in [2.45, 2.75) is 73.6 Å². The largest absolute Gasteiger partial charge is 1.00 e. The predicted molar refractivity (Wildman–Crippen MR) is 220 cm³/mol. The second-order valence-corrected chi connectivity index (χ2v) is 18.5. The fourth-order valence-electron chi connectivity index (χ4n) is 8.68. The zero-order valence-electron chi connectivity index (χ0n) is 34.4. The first-order valence-electron chi connectivity index (χ1n) is 19.3. The van der Waals surface area contributed by atoms with Crippen LogP contribution in [-0.4, -0.2) is 76.5 Å². The van der Waals surface area contributed by atoms with Crippen LogP contribution in [-0.2, 0) is 44.9 Å². The molecule has 60 heavy (non-hydrogen) atoms. The van der Waals surface area contributed by atoms with Crippen LogP contribution < -0.4 is 44.3 Å². The van der Waals surface area contributed by atoms with Crippen LogP contribution in [0, 0.1) is 0 Å². The number of fused-ring (bicyclic) bond motifs is 3. The Morgan fingerprint density at radius 3 is 2.28 bits per heavy atom. The quantitative estimate of drug-likeness (QED) is 0.0679. The Hall–Kier alpha value is -4.39. The minimum absolute atomic E-state index is 0. The van der Waals surface area contributed by atoms with E-state index in [4.69, 9.17) is 4.84 Å². The number of quaternary nitrogens is 1. The topological polar surface area (TPSA) is 189 Å². The summed E-state index contributed by atoms with van der Waals surface area (Å²) in [6.07, 6.45) is 11.4. The van der Waals surface area contributed by atoms with Gasteiger partial charge in [-0.3, -0.25) is 14.5 Å². The van der Waals surface area contributed by atoms with E-state index in [1.807, 2.05) is 57.1 Å². The molecule has 0 aromatic heterocycles. The Morgan fingerprint density at radius 2 is 1.62 bits per heavy atom. The summed E-state index contributed by atoms with van der Waals surface area (Å²) in [5.74, 6) is -1.79. The van der Waals surface area contributed by atoms with Gasteiger partial charge in [0.15, 0.2) is 0 Å². The number of rotatable bonds is 13. The number of allylic oxidation sites excluding steroid dienone is 5. The van der Waals surface area contributed by atoms with Gasteiger partial charge in [0.05, 0.1) is 22.2 Å². The maximum Gasteiger partial charge on any atom is 1.00 e. The summed E-state index contributed by atoms with van der Waals surface area (Å²) in [5, 5.41) is 3.13. The summed E-state index contributed by atoms with van der Waals surface area (Å²) in [5.41, 5.74) is 4.70. The van der Waals surface area contributed by atoms with Crippen molar-refractivity contribution in [3.63, 3.8) is 0 Å². The van der Waals surface area contributed by atoms with Crippen LogP contribution in [0.25, 0.3) is 21.5 Å². The Bertz CT molecular complexity index is 2730. The van der Waals surface area contributed by atoms with Crippen molar-refractivity contribution in [1.29, 1.82) is 0 Å². The molecule has 1 fully saturated rings. The average Bonchev–Trinajstić information content (AvgIpc) is 3.71. The summed E-state index contributed by atoms with van der Waals surface area (Å²) in [6, 6.07) is 15.7. The number of carbonyl (C=O) groups is 3. The van der Waals surface area contributed by atoms with Crippen molar-refractivity contribution in [2.24, 2.45) is 0 Å². The van der Waals surface area contributed by atoms with Gasteiger partial charge in [0.2, 0.25) is 0 Å². The fourth-order valence-corrected chi connectivity index (χ4v) is 10.0. The summed E-state index contributed by atoms with van der Waals surface area (Å²) in [4.78, 5) is 44.9. The number of anilines is 2. The van der Waals surface area contributed by atoms with Gasteiger partial charge in [-0.15, -0.1) is 5.06 Å². The number of nitrogens with zero attached hydrogens (tertiary/aromatic N) is 3. The molecule has 4 aromatic rings. The SMILES string of the molecule is CN(C)c1ccc2c3c(cccc13)C(/C=C/C=C/C=C1/N(CCCCCC(=O)ON3C(=O)CCC3=O)c3ccc4c(S(=O)(=O)[O-])cc(S(=O)(=O)[O-])cc4c3C1(C)C)[NH+]2C.[Na+]. The smallest absolute Gasteiger partial charge is 0.744 e. The zero-order chi connectivity index (χ0) is 42.6. The Kier molecular flexibility index (Phi) is 12.9. The van der Waals surface area contributed by atoms with E-state index in [0.29, 0.717) is 48.2 Å². The number of imide groups is 1. The van der Waals surface area contributed by atoms with Crippen LogP contribution in [0.4, 0.5) is 17.1 Å². The number of amides is 2. The Balaban J connectivity index is 0.00000604. The molecule has 14 nitrogen and oxygen atoms in total. The maximum atomic E-state index is 12.4. The van der Waals surface area contributed by atoms with Crippen molar-refractivity contribution in [3.05, 3.63) is 102 Å². The van der Waals surface area contributed by atoms with Gasteiger partial charge in [0.25, 0.3) is 11.8 Å². The van der Waals surface area contributed by atoms with E-state index in [9.17, 15) is 40.3 Å². The van der Waals surface area contributed by atoms with Crippen LogP contribution in [0.2, 0.25) is 0 Å². The molecule has 0 bridgehead atoms. The van der Waals surface area contributed by atoms with Gasteiger partial charge in [-0.05, 0) is 65.6 Å². The Labute approximate surface area is 371 Å². The van der Waals surface area contributed by atoms with Crippen LogP contribution in [0.15, 0.2) is 100 Å². The van der Waals surface area contributed by atoms with Gasteiger partial charge in [-0.25, -0.2) is 21.6 Å². The minimum Gasteiger partial charge on any atom is -0.744 e. The van der Waals surface area contributed by atoms with Gasteiger partial charge in [0, 0.05) is 79.4 Å². The molecule has 2 unspecified atom stereocenters. The molecule has 1 N–H and O–H groups in total. The number of benzene rings is 4. The van der Waals surface area contributed by atoms with Gasteiger partial charge in [-0.1, -0.05) is 62.8 Å². The molecule has 4 aromatic carbocycles. The first-order chi connectivity index (χ1) is 27.8. The summed E-state index contributed by atoms with van der Waals surface area (Å²) in [6.45, 7) is 4.23. The molecule has 2 atom stereocenters. The van der Waals surface area contributed by atoms with Gasteiger partial charge in [-0.2, -0.15) is 0 Å². The molecule has 0 radical (unpaired) electrons. The molecule has 1 saturated heterocycles. The third-order valence-corrected chi connectivity index (χ3v) is 13.1. The van der Waals surface area contributed by atoms with Gasteiger partial charge in [0.1, 0.15) is 32.0 Å². The van der Waals surface area contributed by atoms with Crippen molar-refractivity contribution < 1.29 is 79.6 Å². The molecule has 2 amide bonds. The van der Waals surface area contributed by atoms with Gasteiger partial charge >= 0.3 is 35.5 Å². The van der Waals surface area contributed by atoms with Crippen molar-refractivity contribution in [2.75, 3.05) is 37.5 Å². The van der Waals surface area contributed by atoms with Crippen molar-refractivity contribution in [1.82, 2.24) is 5.06 Å². The average molecular weight is 865 g/mol. The number of hydroxylamine groups is 2. The third kappa shape index (κ3) is 8.44. The van der Waals surface area contributed by atoms with E-state index in [1.54, 1.807) is 6.07 Å². The molecule has 3 heterocycles. The minimum atomic E-state index is -5.19. The van der Waals surface area contributed by atoms with Crippen molar-refractivity contribution in [3.8, 4) is 0 Å². The molecule has 0 saturated carbocycles. The molecular formula is C43H45N4NaO10S2. The molecule has 3 aliphatic heterocycles. The third-order valence-electron chi connectivity index (χ3n) is 11.5. The summed E-state index contributed by atoms with van der Waals surface area (Å²) >= 11 is 0. The van der Waals surface area contributed by atoms with Crippen LogP contribution in [0.3, 0.4) is 0 Å². The molecule has 0 spiro atoms. The molecular weight excluding hydrogens is 820 g/mol. The zero-order valence-corrected chi connectivity index (χ0v) is 38.0. The number of hydrogen-bond donors (Lipinski definition) is 1. The summed E-state index contributed by atoms with van der Waals surface area (Å²) in [7, 11) is -4.12. The maximum absolute atomic E-state index is 12.4. The van der Waals surface area contributed by atoms with E-state index in [0.717, 1.165) is 17.5 Å². The predicted octanol–water partition coefficient (Wildman–Crippen LogP) is 2.03. The van der Waals surface area contributed by atoms with E-state index < -0.39 is 53.2 Å². The normalized spacial score (nSPS) is 19.4. The monoisotopic (exact) mass is 864 g/mol. The van der Waals surface area contributed by atoms with E-state index in [1.165, 1.54) is 33.0 Å². The molecule has 17 heteroatoms. The first kappa shape index (κ1) is 45.1. The van der Waals surface area contributed by atoms with E-state index >= 15 is 0 Å². The van der Waals surface area contributed by atoms with Crippen LogP contribution in [0.1, 0.15) is 69.5 Å². The molecule has 0 aliphatic carbocycles. The standard InChI is InChI=1S/C43H46N4O10S2.Na/c1-43(2)37(16-9-6-8-15-33-30-14-12-13-29-32(44(3)4)20-21-34(41(29)30)45(33)5)46(24-11-7-10-17-40(50)57-47-38(48)22-23-39(47)49)35-19-18-28-31(42(35)43)25-27(58(51,52)53)26-36(28)59(54,55)56;/h6,8-9,12-16,18-21,25-26,33H,7,10-11,17,22-24H2,1-5H3,(H,51,52,53)(H,54,55,56);/q;+1/p-1/b9-6+,15-8+,37-16+;.